The zero-order valence-corrected chi connectivity index (χ0v) is 13.0. The Hall–Kier alpha value is -1.60. The topological polar surface area (TPSA) is 101 Å². The Kier molecular flexibility index (Phi) is 5.97. The first-order chi connectivity index (χ1) is 9.38. The summed E-state index contributed by atoms with van der Waals surface area (Å²) < 4.78 is 0. The van der Waals surface area contributed by atoms with Crippen molar-refractivity contribution in [2.45, 2.75) is 19.8 Å². The summed E-state index contributed by atoms with van der Waals surface area (Å²) in [6, 6.07) is 0. The number of Topliss-reactive ketones (excluding diaryl/α,β-unsaturated/α-hetero) is 1. The van der Waals surface area contributed by atoms with Crippen LogP contribution in [-0.2, 0) is 0 Å². The Labute approximate surface area is 123 Å². The van der Waals surface area contributed by atoms with Crippen LogP contribution in [0.1, 0.15) is 39.8 Å². The number of ketones is 1. The zero-order valence-electron chi connectivity index (χ0n) is 12.2. The second kappa shape index (κ2) is 7.25. The van der Waals surface area contributed by atoms with Crippen LogP contribution in [0, 0.1) is 0 Å². The molecule has 1 aromatic heterocycles. The van der Waals surface area contributed by atoms with Crippen molar-refractivity contribution in [3.8, 4) is 0 Å². The smallest absolute Gasteiger partial charge is 0.253 e. The van der Waals surface area contributed by atoms with Crippen LogP contribution in [-0.4, -0.2) is 43.8 Å². The number of nitrogens with two attached hydrogens (primary N) is 2. The second-order valence-electron chi connectivity index (χ2n) is 4.77. The van der Waals surface area contributed by atoms with Gasteiger partial charge in [0.05, 0.1) is 16.1 Å². The molecule has 0 bridgehead atoms. The summed E-state index contributed by atoms with van der Waals surface area (Å²) >= 11 is 1.21. The molecule has 20 heavy (non-hydrogen) atoms. The van der Waals surface area contributed by atoms with E-state index >= 15 is 0 Å². The number of nitrogen functional groups attached to an aromatic ring is 1. The molecule has 0 aromatic carbocycles. The third kappa shape index (κ3) is 3.94. The number of nitrogens with one attached hydrogen (secondary N) is 1. The van der Waals surface area contributed by atoms with E-state index in [1.807, 2.05) is 14.1 Å². The third-order valence-corrected chi connectivity index (χ3v) is 4.04. The fourth-order valence-corrected chi connectivity index (χ4v) is 2.94. The molecule has 7 heteroatoms. The lowest BCUT2D eigenvalue weighted by Gasteiger charge is -2.10. The van der Waals surface area contributed by atoms with Gasteiger partial charge < -0.3 is 21.7 Å². The maximum absolute atomic E-state index is 11.8. The SMILES string of the molecule is CCC(=O)c1sc(NCCCN(C)C)c(C(N)=O)c1N. The van der Waals surface area contributed by atoms with Crippen LogP contribution in [0.4, 0.5) is 10.7 Å². The van der Waals surface area contributed by atoms with Crippen molar-refractivity contribution in [1.82, 2.24) is 4.90 Å². The van der Waals surface area contributed by atoms with Crippen LogP contribution < -0.4 is 16.8 Å². The van der Waals surface area contributed by atoms with Gasteiger partial charge in [0.15, 0.2) is 5.78 Å². The van der Waals surface area contributed by atoms with Crippen molar-refractivity contribution in [1.29, 1.82) is 0 Å². The molecule has 0 unspecified atom stereocenters. The number of rotatable bonds is 8. The molecule has 0 saturated heterocycles. The van der Waals surface area contributed by atoms with E-state index in [9.17, 15) is 9.59 Å². The molecule has 0 aliphatic heterocycles. The van der Waals surface area contributed by atoms with E-state index in [-0.39, 0.29) is 17.0 Å². The molecule has 0 atom stereocenters. The molecule has 0 fully saturated rings. The normalized spacial score (nSPS) is 10.8. The highest BCUT2D eigenvalue weighted by atomic mass is 32.1. The maximum atomic E-state index is 11.8. The number of carbonyl (C=O) groups excluding carboxylic acids is 2. The molecule has 0 aliphatic carbocycles. The number of primary amides is 1. The lowest BCUT2D eigenvalue weighted by Crippen LogP contribution is -2.18. The predicted octanol–water partition coefficient (Wildman–Crippen LogP) is 1.39. The average molecular weight is 298 g/mol. The minimum atomic E-state index is -0.607. The van der Waals surface area contributed by atoms with Gasteiger partial charge in [-0.2, -0.15) is 0 Å². The van der Waals surface area contributed by atoms with Gasteiger partial charge in [0, 0.05) is 13.0 Å². The van der Waals surface area contributed by atoms with E-state index in [1.54, 1.807) is 6.92 Å². The lowest BCUT2D eigenvalue weighted by atomic mass is 10.1. The number of anilines is 2. The van der Waals surface area contributed by atoms with Crippen LogP contribution in [0.3, 0.4) is 0 Å². The summed E-state index contributed by atoms with van der Waals surface area (Å²) in [5.41, 5.74) is 11.7. The van der Waals surface area contributed by atoms with E-state index in [0.717, 1.165) is 13.0 Å². The van der Waals surface area contributed by atoms with Crippen molar-refractivity contribution in [3.63, 3.8) is 0 Å². The van der Waals surface area contributed by atoms with E-state index in [0.29, 0.717) is 22.8 Å². The van der Waals surface area contributed by atoms with Gasteiger partial charge in [0.25, 0.3) is 5.91 Å². The van der Waals surface area contributed by atoms with Crippen molar-refractivity contribution >= 4 is 33.7 Å². The van der Waals surface area contributed by atoms with E-state index in [4.69, 9.17) is 11.5 Å². The summed E-state index contributed by atoms with van der Waals surface area (Å²) in [5.74, 6) is -0.680. The Bertz CT molecular complexity index is 497. The van der Waals surface area contributed by atoms with Crippen LogP contribution in [0.25, 0.3) is 0 Å². The van der Waals surface area contributed by atoms with Crippen molar-refractivity contribution in [2.24, 2.45) is 5.73 Å². The van der Waals surface area contributed by atoms with Crippen LogP contribution in [0.2, 0.25) is 0 Å². The van der Waals surface area contributed by atoms with Gasteiger partial charge in [-0.15, -0.1) is 11.3 Å². The van der Waals surface area contributed by atoms with Gasteiger partial charge in [0.2, 0.25) is 0 Å². The number of carbonyl (C=O) groups is 2. The monoisotopic (exact) mass is 298 g/mol. The first kappa shape index (κ1) is 16.5. The molecule has 0 saturated carbocycles. The van der Waals surface area contributed by atoms with Crippen molar-refractivity contribution in [2.75, 3.05) is 38.2 Å². The Morgan fingerprint density at radius 3 is 2.50 bits per heavy atom. The standard InChI is InChI=1S/C13H22N4O2S/c1-4-8(18)11-10(14)9(12(15)19)13(20-11)16-6-5-7-17(2)3/h16H,4-7,14H2,1-3H3,(H2,15,19). The van der Waals surface area contributed by atoms with Crippen LogP contribution >= 0.6 is 11.3 Å². The molecule has 112 valence electrons. The van der Waals surface area contributed by atoms with Crippen molar-refractivity contribution in [3.05, 3.63) is 10.4 Å². The fraction of sp³-hybridized carbons (Fsp3) is 0.538. The summed E-state index contributed by atoms with van der Waals surface area (Å²) in [5, 5.41) is 3.74. The van der Waals surface area contributed by atoms with E-state index in [1.165, 1.54) is 11.3 Å². The van der Waals surface area contributed by atoms with E-state index in [2.05, 4.69) is 10.2 Å². The molecule has 1 heterocycles. The highest BCUT2D eigenvalue weighted by Gasteiger charge is 2.23. The number of hydrogen-bond donors (Lipinski definition) is 3. The highest BCUT2D eigenvalue weighted by molar-refractivity contribution is 7.19. The molecule has 5 N–H and O–H groups in total. The van der Waals surface area contributed by atoms with Crippen LogP contribution in [0.5, 0.6) is 0 Å². The third-order valence-electron chi connectivity index (χ3n) is 2.83. The van der Waals surface area contributed by atoms with Crippen LogP contribution in [0.15, 0.2) is 0 Å². The molecule has 0 spiro atoms. The number of nitrogens with zero attached hydrogens (tertiary/aromatic N) is 1. The summed E-state index contributed by atoms with van der Waals surface area (Å²) in [6.07, 6.45) is 1.27. The highest BCUT2D eigenvalue weighted by Crippen LogP contribution is 2.36. The molecule has 6 nitrogen and oxygen atoms in total. The van der Waals surface area contributed by atoms with Gasteiger partial charge >= 0.3 is 0 Å². The Balaban J connectivity index is 2.89. The average Bonchev–Trinajstić information content (AvgIpc) is 2.70. The van der Waals surface area contributed by atoms with Gasteiger partial charge in [-0.05, 0) is 27.1 Å². The zero-order chi connectivity index (χ0) is 15.3. The first-order valence-electron chi connectivity index (χ1n) is 6.52. The van der Waals surface area contributed by atoms with Gasteiger partial charge in [-0.25, -0.2) is 0 Å². The minimum Gasteiger partial charge on any atom is -0.397 e. The minimum absolute atomic E-state index is 0.0728. The first-order valence-corrected chi connectivity index (χ1v) is 7.34. The fourth-order valence-electron chi connectivity index (χ4n) is 1.78. The number of amides is 1. The van der Waals surface area contributed by atoms with Gasteiger partial charge in [0.1, 0.15) is 5.00 Å². The second-order valence-corrected chi connectivity index (χ2v) is 5.79. The Morgan fingerprint density at radius 2 is 2.00 bits per heavy atom. The van der Waals surface area contributed by atoms with Gasteiger partial charge in [-0.3, -0.25) is 9.59 Å². The summed E-state index contributed by atoms with van der Waals surface area (Å²) in [7, 11) is 3.99. The molecular formula is C13H22N4O2S. The maximum Gasteiger partial charge on any atom is 0.253 e. The molecule has 0 radical (unpaired) electrons. The summed E-state index contributed by atoms with van der Waals surface area (Å²) in [6.45, 7) is 3.38. The number of hydrogen-bond acceptors (Lipinski definition) is 6. The largest absolute Gasteiger partial charge is 0.397 e. The molecule has 0 aliphatic rings. The van der Waals surface area contributed by atoms with Crippen molar-refractivity contribution < 1.29 is 9.59 Å². The Morgan fingerprint density at radius 1 is 1.35 bits per heavy atom. The lowest BCUT2D eigenvalue weighted by molar-refractivity contribution is 0.0991. The van der Waals surface area contributed by atoms with E-state index < -0.39 is 5.91 Å². The molecule has 1 aromatic rings. The quantitative estimate of drug-likeness (QED) is 0.497. The predicted molar refractivity (Wildman–Crippen MR) is 83.5 cm³/mol. The molecular weight excluding hydrogens is 276 g/mol. The summed E-state index contributed by atoms with van der Waals surface area (Å²) in [4.78, 5) is 25.8. The van der Waals surface area contributed by atoms with Gasteiger partial charge in [-0.1, -0.05) is 6.92 Å². The molecule has 1 rings (SSSR count). The molecule has 1 amide bonds. The number of thiophene rings is 1.